The van der Waals surface area contributed by atoms with Gasteiger partial charge in [-0.15, -0.1) is 0 Å². The molecule has 2 aliphatic carbocycles. The molecule has 0 aromatic carbocycles. The van der Waals surface area contributed by atoms with Gasteiger partial charge in [-0.3, -0.25) is 4.79 Å². The fourth-order valence-electron chi connectivity index (χ4n) is 3.96. The van der Waals surface area contributed by atoms with Gasteiger partial charge in [0.05, 0.1) is 0 Å². The number of fused-ring (bicyclic) bond motifs is 1. The molecule has 4 atom stereocenters. The van der Waals surface area contributed by atoms with E-state index in [0.29, 0.717) is 5.92 Å². The molecule has 0 bridgehead atoms. The summed E-state index contributed by atoms with van der Waals surface area (Å²) in [5, 5.41) is 14.3. The molecule has 0 saturated heterocycles. The van der Waals surface area contributed by atoms with Crippen molar-refractivity contribution in [2.75, 3.05) is 6.54 Å². The Morgan fingerprint density at radius 3 is 2.43 bits per heavy atom. The molecule has 2 fully saturated rings. The number of nitrogens with zero attached hydrogens (tertiary/aromatic N) is 1. The first kappa shape index (κ1) is 16.7. The summed E-state index contributed by atoms with van der Waals surface area (Å²) >= 11 is 0. The van der Waals surface area contributed by atoms with E-state index < -0.39 is 22.2 Å². The van der Waals surface area contributed by atoms with Crippen molar-refractivity contribution in [3.8, 4) is 0 Å². The second-order valence-corrected chi connectivity index (χ2v) is 7.76. The Hall–Kier alpha value is -0.700. The number of hydrogen-bond acceptors (Lipinski definition) is 4. The Bertz CT molecular complexity index is 480. The van der Waals surface area contributed by atoms with E-state index in [2.05, 4.69) is 0 Å². The van der Waals surface area contributed by atoms with Gasteiger partial charge >= 0.3 is 5.97 Å². The Morgan fingerprint density at radius 2 is 1.81 bits per heavy atom. The van der Waals surface area contributed by atoms with Crippen molar-refractivity contribution in [1.29, 1.82) is 0 Å². The normalized spacial score (nSPS) is 31.7. The van der Waals surface area contributed by atoms with Gasteiger partial charge in [0, 0.05) is 12.6 Å². The van der Waals surface area contributed by atoms with E-state index in [1.54, 1.807) is 0 Å². The topological polar surface area (TPSA) is 127 Å². The first-order chi connectivity index (χ1) is 9.80. The number of nitrogens with two attached hydrogens (primary N) is 2. The number of carboxylic acids is 1. The minimum absolute atomic E-state index is 0.204. The van der Waals surface area contributed by atoms with Crippen LogP contribution in [-0.4, -0.2) is 42.4 Å². The third kappa shape index (κ3) is 3.94. The number of rotatable bonds is 5. The number of carboxylic acid groups (broad SMARTS) is 1. The van der Waals surface area contributed by atoms with Crippen molar-refractivity contribution in [3.63, 3.8) is 0 Å². The van der Waals surface area contributed by atoms with Crippen LogP contribution >= 0.6 is 0 Å². The summed E-state index contributed by atoms with van der Waals surface area (Å²) < 4.78 is 25.0. The molecule has 7 nitrogen and oxygen atoms in total. The zero-order chi connectivity index (χ0) is 15.6. The highest BCUT2D eigenvalue weighted by atomic mass is 32.2. The summed E-state index contributed by atoms with van der Waals surface area (Å²) in [5.74, 6) is -0.394. The van der Waals surface area contributed by atoms with Crippen LogP contribution in [0.2, 0.25) is 0 Å². The van der Waals surface area contributed by atoms with E-state index in [4.69, 9.17) is 16.0 Å². The Labute approximate surface area is 125 Å². The minimum atomic E-state index is -3.95. The van der Waals surface area contributed by atoms with Crippen molar-refractivity contribution in [1.82, 2.24) is 4.31 Å². The fraction of sp³-hybridized carbons (Fsp3) is 0.923. The molecular formula is C13H25N3O4S. The molecule has 0 heterocycles. The van der Waals surface area contributed by atoms with Crippen LogP contribution in [0.25, 0.3) is 0 Å². The Morgan fingerprint density at radius 1 is 1.19 bits per heavy atom. The fourth-order valence-corrected chi connectivity index (χ4v) is 4.97. The molecule has 0 amide bonds. The van der Waals surface area contributed by atoms with Crippen LogP contribution in [-0.2, 0) is 15.0 Å². The first-order valence-electron chi connectivity index (χ1n) is 7.58. The zero-order valence-corrected chi connectivity index (χ0v) is 13.0. The van der Waals surface area contributed by atoms with Gasteiger partial charge in [0.25, 0.3) is 10.2 Å². The van der Waals surface area contributed by atoms with Crippen molar-refractivity contribution in [2.24, 2.45) is 22.7 Å². The standard InChI is InChI=1S/C13H25N3O4S/c14-11(13(17)18)8-16(21(15,19)20)12-7-3-5-9-4-1-2-6-10(9)12/h9-12H,1-8,14H2,(H,17,18)(H2,15,19,20)/t9?,10?,11-,12?/m0/s1. The SMILES string of the molecule is N[C@@H](CN(C1CCCC2CCCCC21)S(N)(=O)=O)C(=O)O. The second-order valence-electron chi connectivity index (χ2n) is 6.27. The first-order valence-corrected chi connectivity index (χ1v) is 9.09. The third-order valence-electron chi connectivity index (χ3n) is 4.93. The largest absolute Gasteiger partial charge is 0.480 e. The molecule has 5 N–H and O–H groups in total. The van der Waals surface area contributed by atoms with Crippen molar-refractivity contribution in [2.45, 2.75) is 57.0 Å². The van der Waals surface area contributed by atoms with Gasteiger partial charge in [-0.25, -0.2) is 5.14 Å². The monoisotopic (exact) mass is 319 g/mol. The van der Waals surface area contributed by atoms with Crippen LogP contribution in [0.3, 0.4) is 0 Å². The molecule has 0 radical (unpaired) electrons. The van der Waals surface area contributed by atoms with Gasteiger partial charge in [-0.2, -0.15) is 12.7 Å². The Balaban J connectivity index is 2.20. The quantitative estimate of drug-likeness (QED) is 0.670. The van der Waals surface area contributed by atoms with Crippen molar-refractivity contribution >= 4 is 16.2 Å². The van der Waals surface area contributed by atoms with E-state index in [0.717, 1.165) is 42.8 Å². The van der Waals surface area contributed by atoms with Gasteiger partial charge in [0.1, 0.15) is 6.04 Å². The zero-order valence-electron chi connectivity index (χ0n) is 12.1. The van der Waals surface area contributed by atoms with Crippen LogP contribution in [0.15, 0.2) is 0 Å². The van der Waals surface area contributed by atoms with Gasteiger partial charge < -0.3 is 10.8 Å². The van der Waals surface area contributed by atoms with E-state index in [9.17, 15) is 13.2 Å². The van der Waals surface area contributed by atoms with Crippen LogP contribution in [0, 0.1) is 11.8 Å². The number of hydrogen-bond donors (Lipinski definition) is 3. The van der Waals surface area contributed by atoms with Gasteiger partial charge in [0.2, 0.25) is 0 Å². The highest BCUT2D eigenvalue weighted by molar-refractivity contribution is 7.86. The lowest BCUT2D eigenvalue weighted by molar-refractivity contribution is -0.138. The summed E-state index contributed by atoms with van der Waals surface area (Å²) in [6.07, 6.45) is 7.24. The molecule has 122 valence electrons. The lowest BCUT2D eigenvalue weighted by Crippen LogP contribution is -2.56. The Kier molecular flexibility index (Phi) is 5.24. The molecule has 0 aliphatic heterocycles. The van der Waals surface area contributed by atoms with Crippen LogP contribution < -0.4 is 10.9 Å². The summed E-state index contributed by atoms with van der Waals surface area (Å²) in [6, 6.07) is -1.45. The maximum Gasteiger partial charge on any atom is 0.321 e. The van der Waals surface area contributed by atoms with Crippen molar-refractivity contribution in [3.05, 3.63) is 0 Å². The molecule has 2 saturated carbocycles. The maximum absolute atomic E-state index is 11.9. The summed E-state index contributed by atoms with van der Waals surface area (Å²) in [6.45, 7) is -0.248. The maximum atomic E-state index is 11.9. The third-order valence-corrected chi connectivity index (χ3v) is 6.00. The highest BCUT2D eigenvalue weighted by Gasteiger charge is 2.41. The molecule has 21 heavy (non-hydrogen) atoms. The molecule has 0 aromatic heterocycles. The predicted octanol–water partition coefficient (Wildman–Crippen LogP) is 0.263. The summed E-state index contributed by atoms with van der Waals surface area (Å²) in [7, 11) is -3.95. The molecule has 0 aromatic rings. The summed E-state index contributed by atoms with van der Waals surface area (Å²) in [4.78, 5) is 10.9. The second kappa shape index (κ2) is 6.60. The van der Waals surface area contributed by atoms with E-state index >= 15 is 0 Å². The van der Waals surface area contributed by atoms with E-state index in [-0.39, 0.29) is 18.5 Å². The van der Waals surface area contributed by atoms with E-state index in [1.807, 2.05) is 0 Å². The summed E-state index contributed by atoms with van der Waals surface area (Å²) in [5.41, 5.74) is 5.53. The molecular weight excluding hydrogens is 294 g/mol. The smallest absolute Gasteiger partial charge is 0.321 e. The average molecular weight is 319 g/mol. The van der Waals surface area contributed by atoms with Gasteiger partial charge in [-0.05, 0) is 24.7 Å². The predicted molar refractivity (Wildman–Crippen MR) is 78.5 cm³/mol. The molecule has 2 rings (SSSR count). The molecule has 2 aliphatic rings. The minimum Gasteiger partial charge on any atom is -0.480 e. The molecule has 3 unspecified atom stereocenters. The lowest BCUT2D eigenvalue weighted by Gasteiger charge is -2.45. The van der Waals surface area contributed by atoms with Crippen LogP contribution in [0.4, 0.5) is 0 Å². The molecule has 8 heteroatoms. The van der Waals surface area contributed by atoms with Gasteiger partial charge in [-0.1, -0.05) is 32.1 Å². The number of aliphatic carboxylic acids is 1. The molecule has 0 spiro atoms. The lowest BCUT2D eigenvalue weighted by atomic mass is 9.68. The number of carbonyl (C=O) groups is 1. The highest BCUT2D eigenvalue weighted by Crippen LogP contribution is 2.42. The van der Waals surface area contributed by atoms with Crippen LogP contribution in [0.5, 0.6) is 0 Å². The van der Waals surface area contributed by atoms with Crippen LogP contribution in [0.1, 0.15) is 44.9 Å². The van der Waals surface area contributed by atoms with E-state index in [1.165, 1.54) is 6.42 Å². The van der Waals surface area contributed by atoms with Crippen molar-refractivity contribution < 1.29 is 18.3 Å². The average Bonchev–Trinajstić information content (AvgIpc) is 2.42. The van der Waals surface area contributed by atoms with Gasteiger partial charge in [0.15, 0.2) is 0 Å².